The second kappa shape index (κ2) is 3.56. The second-order valence-corrected chi connectivity index (χ2v) is 3.04. The van der Waals surface area contributed by atoms with Crippen LogP contribution in [-0.4, -0.2) is 25.0 Å². The fraction of sp³-hybridized carbons (Fsp3) is 0.857. The smallest absolute Gasteiger partial charge is 0.216 e. The average molecular weight is 144 g/mol. The Kier molecular flexibility index (Phi) is 3.36. The van der Waals surface area contributed by atoms with Gasteiger partial charge in [-0.1, -0.05) is 0 Å². The SMILES string of the molecule is CNC(C)(C)CNC(C)=O. The van der Waals surface area contributed by atoms with Gasteiger partial charge in [0.25, 0.3) is 0 Å². The third-order valence-corrected chi connectivity index (χ3v) is 1.46. The van der Waals surface area contributed by atoms with Crippen LogP contribution in [0.5, 0.6) is 0 Å². The van der Waals surface area contributed by atoms with Gasteiger partial charge in [0.15, 0.2) is 0 Å². The number of hydrogen-bond acceptors (Lipinski definition) is 2. The molecule has 0 atom stereocenters. The van der Waals surface area contributed by atoms with E-state index in [9.17, 15) is 4.79 Å². The van der Waals surface area contributed by atoms with E-state index in [1.807, 2.05) is 20.9 Å². The van der Waals surface area contributed by atoms with Crippen molar-refractivity contribution in [1.29, 1.82) is 0 Å². The summed E-state index contributed by atoms with van der Waals surface area (Å²) in [6.45, 7) is 6.25. The summed E-state index contributed by atoms with van der Waals surface area (Å²) in [5.74, 6) is 0.0170. The van der Waals surface area contributed by atoms with Crippen LogP contribution < -0.4 is 10.6 Å². The van der Waals surface area contributed by atoms with Crippen LogP contribution >= 0.6 is 0 Å². The van der Waals surface area contributed by atoms with Crippen molar-refractivity contribution in [3.63, 3.8) is 0 Å². The summed E-state index contributed by atoms with van der Waals surface area (Å²) in [4.78, 5) is 10.5. The van der Waals surface area contributed by atoms with Crippen molar-refractivity contribution in [3.8, 4) is 0 Å². The third kappa shape index (κ3) is 4.32. The molecule has 60 valence electrons. The van der Waals surface area contributed by atoms with E-state index in [4.69, 9.17) is 0 Å². The molecule has 0 fully saturated rings. The van der Waals surface area contributed by atoms with Crippen LogP contribution in [0.3, 0.4) is 0 Å². The molecule has 0 unspecified atom stereocenters. The summed E-state index contributed by atoms with van der Waals surface area (Å²) in [6.07, 6.45) is 0. The maximum Gasteiger partial charge on any atom is 0.216 e. The first-order valence-electron chi connectivity index (χ1n) is 3.41. The van der Waals surface area contributed by atoms with E-state index >= 15 is 0 Å². The Bertz CT molecular complexity index is 121. The van der Waals surface area contributed by atoms with Gasteiger partial charge in [0.2, 0.25) is 5.91 Å². The van der Waals surface area contributed by atoms with E-state index in [2.05, 4.69) is 10.6 Å². The maximum absolute atomic E-state index is 10.5. The summed E-state index contributed by atoms with van der Waals surface area (Å²) in [5.41, 5.74) is -0.00826. The van der Waals surface area contributed by atoms with Gasteiger partial charge in [-0.05, 0) is 20.9 Å². The van der Waals surface area contributed by atoms with Gasteiger partial charge in [0, 0.05) is 19.0 Å². The van der Waals surface area contributed by atoms with Crippen molar-refractivity contribution < 1.29 is 4.79 Å². The Morgan fingerprint density at radius 2 is 2.00 bits per heavy atom. The summed E-state index contributed by atoms with van der Waals surface area (Å²) >= 11 is 0. The Morgan fingerprint density at radius 1 is 1.50 bits per heavy atom. The minimum Gasteiger partial charge on any atom is -0.355 e. The van der Waals surface area contributed by atoms with Crippen LogP contribution in [0.1, 0.15) is 20.8 Å². The van der Waals surface area contributed by atoms with Crippen LogP contribution in [0.25, 0.3) is 0 Å². The van der Waals surface area contributed by atoms with E-state index in [0.717, 1.165) is 0 Å². The highest BCUT2D eigenvalue weighted by Crippen LogP contribution is 1.96. The topological polar surface area (TPSA) is 41.1 Å². The van der Waals surface area contributed by atoms with Gasteiger partial charge in [0.05, 0.1) is 0 Å². The number of carbonyl (C=O) groups excluding carboxylic acids is 1. The lowest BCUT2D eigenvalue weighted by atomic mass is 10.1. The molecule has 0 aliphatic rings. The van der Waals surface area contributed by atoms with Gasteiger partial charge < -0.3 is 10.6 Å². The Balaban J connectivity index is 3.56. The number of likely N-dealkylation sites (N-methyl/N-ethyl adjacent to an activating group) is 1. The molecule has 0 aromatic carbocycles. The largest absolute Gasteiger partial charge is 0.355 e. The lowest BCUT2D eigenvalue weighted by molar-refractivity contribution is -0.119. The van der Waals surface area contributed by atoms with Gasteiger partial charge in [-0.2, -0.15) is 0 Å². The van der Waals surface area contributed by atoms with Gasteiger partial charge in [-0.3, -0.25) is 4.79 Å². The molecule has 0 rings (SSSR count). The van der Waals surface area contributed by atoms with Crippen molar-refractivity contribution in [3.05, 3.63) is 0 Å². The van der Waals surface area contributed by atoms with Crippen molar-refractivity contribution >= 4 is 5.91 Å². The molecule has 0 bridgehead atoms. The minimum atomic E-state index is -0.00826. The molecule has 0 aromatic rings. The predicted molar refractivity (Wildman–Crippen MR) is 41.8 cm³/mol. The quantitative estimate of drug-likeness (QED) is 0.590. The summed E-state index contributed by atoms with van der Waals surface area (Å²) < 4.78 is 0. The van der Waals surface area contributed by atoms with Crippen LogP contribution in [0.15, 0.2) is 0 Å². The van der Waals surface area contributed by atoms with Gasteiger partial charge >= 0.3 is 0 Å². The molecule has 0 saturated heterocycles. The second-order valence-electron chi connectivity index (χ2n) is 3.04. The van der Waals surface area contributed by atoms with Gasteiger partial charge in [-0.25, -0.2) is 0 Å². The number of nitrogens with one attached hydrogen (secondary N) is 2. The molecule has 2 N–H and O–H groups in total. The molecule has 0 saturated carbocycles. The number of carbonyl (C=O) groups is 1. The van der Waals surface area contributed by atoms with E-state index < -0.39 is 0 Å². The minimum absolute atomic E-state index is 0.00826. The lowest BCUT2D eigenvalue weighted by Gasteiger charge is -2.23. The molecule has 0 radical (unpaired) electrons. The molecule has 0 heterocycles. The maximum atomic E-state index is 10.5. The highest BCUT2D eigenvalue weighted by Gasteiger charge is 2.13. The van der Waals surface area contributed by atoms with E-state index in [-0.39, 0.29) is 11.4 Å². The highest BCUT2D eigenvalue weighted by molar-refractivity contribution is 5.72. The van der Waals surface area contributed by atoms with Gasteiger partial charge in [0.1, 0.15) is 0 Å². The highest BCUT2D eigenvalue weighted by atomic mass is 16.1. The summed E-state index contributed by atoms with van der Waals surface area (Å²) in [7, 11) is 1.88. The first-order chi connectivity index (χ1) is 4.48. The van der Waals surface area contributed by atoms with Gasteiger partial charge in [-0.15, -0.1) is 0 Å². The van der Waals surface area contributed by atoms with E-state index in [1.54, 1.807) is 0 Å². The third-order valence-electron chi connectivity index (χ3n) is 1.46. The molecule has 3 heteroatoms. The number of rotatable bonds is 3. The fourth-order valence-corrected chi connectivity index (χ4v) is 0.434. The van der Waals surface area contributed by atoms with Crippen LogP contribution in [0, 0.1) is 0 Å². The molecular weight excluding hydrogens is 128 g/mol. The number of amides is 1. The monoisotopic (exact) mass is 144 g/mol. The molecular formula is C7H16N2O. The Hall–Kier alpha value is -0.570. The van der Waals surface area contributed by atoms with Crippen molar-refractivity contribution in [1.82, 2.24) is 10.6 Å². The van der Waals surface area contributed by atoms with E-state index in [0.29, 0.717) is 6.54 Å². The molecule has 0 aliphatic carbocycles. The Labute approximate surface area is 62.2 Å². The molecule has 0 spiro atoms. The van der Waals surface area contributed by atoms with Crippen molar-refractivity contribution in [2.24, 2.45) is 0 Å². The predicted octanol–water partition coefficient (Wildman–Crippen LogP) is 0.120. The molecule has 0 aromatic heterocycles. The molecule has 10 heavy (non-hydrogen) atoms. The molecule has 1 amide bonds. The van der Waals surface area contributed by atoms with Crippen LogP contribution in [-0.2, 0) is 4.79 Å². The molecule has 0 aliphatic heterocycles. The van der Waals surface area contributed by atoms with E-state index in [1.165, 1.54) is 6.92 Å². The standard InChI is InChI=1S/C7H16N2O/c1-6(10)9-5-7(2,3)8-4/h8H,5H2,1-4H3,(H,9,10). The molecule has 3 nitrogen and oxygen atoms in total. The normalized spacial score (nSPS) is 11.2. The van der Waals surface area contributed by atoms with Crippen LogP contribution in [0.4, 0.5) is 0 Å². The zero-order valence-electron chi connectivity index (χ0n) is 7.12. The van der Waals surface area contributed by atoms with Crippen molar-refractivity contribution in [2.45, 2.75) is 26.3 Å². The van der Waals surface area contributed by atoms with Crippen molar-refractivity contribution in [2.75, 3.05) is 13.6 Å². The Morgan fingerprint density at radius 3 is 2.30 bits per heavy atom. The zero-order chi connectivity index (χ0) is 8.20. The summed E-state index contributed by atoms with van der Waals surface area (Å²) in [6, 6.07) is 0. The lowest BCUT2D eigenvalue weighted by Crippen LogP contribution is -2.46. The zero-order valence-corrected chi connectivity index (χ0v) is 7.12. The first-order valence-corrected chi connectivity index (χ1v) is 3.41. The number of hydrogen-bond donors (Lipinski definition) is 2. The fourth-order valence-electron chi connectivity index (χ4n) is 0.434. The summed E-state index contributed by atoms with van der Waals surface area (Å²) in [5, 5.41) is 5.82. The average Bonchev–Trinajstić information content (AvgIpc) is 1.85. The first kappa shape index (κ1) is 9.43. The van der Waals surface area contributed by atoms with Crippen LogP contribution in [0.2, 0.25) is 0 Å².